The van der Waals surface area contributed by atoms with Gasteiger partial charge in [0.05, 0.1) is 23.9 Å². The third-order valence-corrected chi connectivity index (χ3v) is 16.6. The number of aromatic hydroxyl groups is 1. The van der Waals surface area contributed by atoms with Gasteiger partial charge in [0.25, 0.3) is 0 Å². The number of aromatic amines is 1. The number of pyridine rings is 1. The van der Waals surface area contributed by atoms with Crippen LogP contribution in [-0.2, 0) is 20.5 Å². The van der Waals surface area contributed by atoms with Gasteiger partial charge in [-0.15, -0.1) is 0 Å². The predicted octanol–water partition coefficient (Wildman–Crippen LogP) is 11.0. The predicted molar refractivity (Wildman–Crippen MR) is 252 cm³/mol. The molecule has 1 heterocycles. The Kier molecular flexibility index (Phi) is 16.5. The van der Waals surface area contributed by atoms with Gasteiger partial charge in [0, 0.05) is 35.7 Å². The maximum absolute atomic E-state index is 13.3. The first-order chi connectivity index (χ1) is 30.3. The molecule has 0 radical (unpaired) electrons. The van der Waals surface area contributed by atoms with Crippen molar-refractivity contribution in [3.05, 3.63) is 125 Å². The number of fused-ring (bicyclic) bond motifs is 1. The van der Waals surface area contributed by atoms with E-state index < -0.39 is 20.5 Å². The maximum Gasteiger partial charge on any atom is 0.411 e. The minimum absolute atomic E-state index is 0.00508. The highest BCUT2D eigenvalue weighted by atomic mass is 28.4. The average Bonchev–Trinajstić information content (AvgIpc) is 3.26. The number of carbonyl (C=O) groups is 2. The van der Waals surface area contributed by atoms with Crippen molar-refractivity contribution in [3.63, 3.8) is 0 Å². The number of unbranched alkanes of at least 4 members (excludes halogenated alkanes) is 3. The lowest BCUT2D eigenvalue weighted by Crippen LogP contribution is -2.43. The van der Waals surface area contributed by atoms with Gasteiger partial charge in [0.2, 0.25) is 5.56 Å². The van der Waals surface area contributed by atoms with Gasteiger partial charge in [-0.25, -0.2) is 9.59 Å². The van der Waals surface area contributed by atoms with Crippen LogP contribution in [0, 0.1) is 0 Å². The fourth-order valence-corrected chi connectivity index (χ4v) is 8.82. The smallest absolute Gasteiger partial charge is 0.411 e. The molecule has 336 valence electrons. The van der Waals surface area contributed by atoms with E-state index in [1.807, 2.05) is 84.9 Å². The van der Waals surface area contributed by atoms with Crippen LogP contribution in [0.3, 0.4) is 0 Å². The number of alkyl carbamates (subject to hydrolysis) is 1. The van der Waals surface area contributed by atoms with E-state index in [0.717, 1.165) is 59.9 Å². The van der Waals surface area contributed by atoms with E-state index in [1.165, 1.54) is 6.07 Å². The normalized spacial score (nSPS) is 16.0. The van der Waals surface area contributed by atoms with Gasteiger partial charge in [-0.2, -0.15) is 0 Å². The van der Waals surface area contributed by atoms with Crippen molar-refractivity contribution in [1.82, 2.24) is 15.6 Å². The first kappa shape index (κ1) is 46.9. The van der Waals surface area contributed by atoms with E-state index in [2.05, 4.69) is 54.8 Å². The summed E-state index contributed by atoms with van der Waals surface area (Å²) in [5.41, 5.74) is 4.46. The zero-order valence-corrected chi connectivity index (χ0v) is 38.3. The third-order valence-electron chi connectivity index (χ3n) is 12.1. The highest BCUT2D eigenvalue weighted by Crippen LogP contribution is 2.41. The molecule has 0 saturated heterocycles. The maximum atomic E-state index is 13.3. The highest BCUT2D eigenvalue weighted by molar-refractivity contribution is 6.74. The van der Waals surface area contributed by atoms with Gasteiger partial charge in [0.15, 0.2) is 8.32 Å². The van der Waals surface area contributed by atoms with Crippen LogP contribution in [0.25, 0.3) is 22.0 Å². The second-order valence-corrected chi connectivity index (χ2v) is 22.7. The zero-order chi connectivity index (χ0) is 44.8. The Balaban J connectivity index is 0.946. The lowest BCUT2D eigenvalue weighted by molar-refractivity contribution is 0.0761. The molecule has 1 fully saturated rings. The minimum atomic E-state index is -2.17. The van der Waals surface area contributed by atoms with Gasteiger partial charge in [-0.05, 0) is 104 Å². The molecule has 4 aromatic carbocycles. The first-order valence-corrected chi connectivity index (χ1v) is 25.2. The molecule has 1 atom stereocenters. The number of hydrogen-bond donors (Lipinski definition) is 5. The molecule has 5 aromatic rings. The van der Waals surface area contributed by atoms with Crippen molar-refractivity contribution in [1.29, 1.82) is 0 Å². The molecule has 1 saturated carbocycles. The summed E-state index contributed by atoms with van der Waals surface area (Å²) in [5.74, 6) is 0.702. The summed E-state index contributed by atoms with van der Waals surface area (Å²) in [6.45, 7) is 13.3. The van der Waals surface area contributed by atoms with Crippen molar-refractivity contribution in [2.24, 2.45) is 0 Å². The largest absolute Gasteiger partial charge is 0.506 e. The Morgan fingerprint density at radius 1 is 0.841 bits per heavy atom. The summed E-state index contributed by atoms with van der Waals surface area (Å²) in [7, 11) is -2.17. The lowest BCUT2D eigenvalue weighted by Gasteiger charge is -2.39. The van der Waals surface area contributed by atoms with Crippen LogP contribution in [-0.4, -0.2) is 62.4 Å². The molecule has 13 heteroatoms. The summed E-state index contributed by atoms with van der Waals surface area (Å²) < 4.78 is 24.4. The molecule has 0 bridgehead atoms. The Labute approximate surface area is 372 Å². The second kappa shape index (κ2) is 22.1. The van der Waals surface area contributed by atoms with Crippen molar-refractivity contribution in [2.75, 3.05) is 25.0 Å². The number of ether oxygens (including phenoxy) is 3. The number of benzene rings is 4. The molecule has 0 spiro atoms. The molecule has 1 aromatic heterocycles. The molecular weight excluding hydrogens is 813 g/mol. The number of aromatic nitrogens is 1. The summed E-state index contributed by atoms with van der Waals surface area (Å²) in [6, 6.07) is 31.9. The number of nitrogens with one attached hydrogen (secondary N) is 4. The molecule has 0 unspecified atom stereocenters. The van der Waals surface area contributed by atoms with E-state index in [1.54, 1.807) is 12.1 Å². The summed E-state index contributed by atoms with van der Waals surface area (Å²) in [4.78, 5) is 40.5. The number of carbonyl (C=O) groups excluding carboxylic acids is 2. The Hall–Kier alpha value is -5.63. The molecule has 2 amide bonds. The summed E-state index contributed by atoms with van der Waals surface area (Å²) in [6.07, 6.45) is 5.03. The van der Waals surface area contributed by atoms with E-state index in [9.17, 15) is 19.5 Å². The number of rotatable bonds is 19. The quantitative estimate of drug-likeness (QED) is 0.0402. The number of phenols is 1. The van der Waals surface area contributed by atoms with Crippen LogP contribution in [0.15, 0.2) is 108 Å². The molecular formula is C50H64N4O8Si. The molecule has 12 nitrogen and oxygen atoms in total. The summed E-state index contributed by atoms with van der Waals surface area (Å²) in [5, 5.41) is 20.8. The van der Waals surface area contributed by atoms with E-state index in [0.29, 0.717) is 55.8 Å². The van der Waals surface area contributed by atoms with E-state index >= 15 is 0 Å². The molecule has 0 aliphatic heterocycles. The van der Waals surface area contributed by atoms with Gasteiger partial charge in [0.1, 0.15) is 24.2 Å². The van der Waals surface area contributed by atoms with E-state index in [-0.39, 0.29) is 41.2 Å². The van der Waals surface area contributed by atoms with Crippen LogP contribution in [0.4, 0.5) is 15.3 Å². The van der Waals surface area contributed by atoms with Gasteiger partial charge in [-0.1, -0.05) is 100 Å². The molecule has 1 aliphatic rings. The molecule has 1 aliphatic carbocycles. The molecule has 5 N–H and O–H groups in total. The fourth-order valence-electron chi connectivity index (χ4n) is 7.55. The number of phenolic OH excluding ortho intramolecular Hbond substituents is 1. The van der Waals surface area contributed by atoms with Crippen LogP contribution < -0.4 is 26.2 Å². The van der Waals surface area contributed by atoms with Crippen molar-refractivity contribution >= 4 is 37.1 Å². The SMILES string of the molecule is CC(C)(C)[Si](C)(C)O[C@@H](CNCCCCCCOc1ccc(-c2ccccc2)c(NC(=O)O[C@H]2CC[C@H](NC(=O)OCc3ccccc3)CC2)c1)c1ccc(O)c2[nH]c(=O)ccc12. The lowest BCUT2D eigenvalue weighted by atomic mass is 9.93. The van der Waals surface area contributed by atoms with E-state index in [4.69, 9.17) is 18.6 Å². The average molecular weight is 877 g/mol. The zero-order valence-electron chi connectivity index (χ0n) is 37.3. The van der Waals surface area contributed by atoms with Gasteiger partial charge < -0.3 is 39.4 Å². The topological polar surface area (TPSA) is 160 Å². The Morgan fingerprint density at radius 2 is 1.56 bits per heavy atom. The van der Waals surface area contributed by atoms with Crippen LogP contribution >= 0.6 is 0 Å². The second-order valence-electron chi connectivity index (χ2n) is 17.9. The number of H-pyrrole nitrogens is 1. The highest BCUT2D eigenvalue weighted by Gasteiger charge is 2.39. The van der Waals surface area contributed by atoms with Gasteiger partial charge in [-0.3, -0.25) is 10.1 Å². The van der Waals surface area contributed by atoms with Crippen molar-refractivity contribution < 1.29 is 33.3 Å². The summed E-state index contributed by atoms with van der Waals surface area (Å²) >= 11 is 0. The number of anilines is 1. The first-order valence-electron chi connectivity index (χ1n) is 22.3. The van der Waals surface area contributed by atoms with Crippen LogP contribution in [0.1, 0.15) is 89.4 Å². The van der Waals surface area contributed by atoms with Crippen molar-refractivity contribution in [2.45, 2.75) is 115 Å². The molecule has 63 heavy (non-hydrogen) atoms. The molecule has 6 rings (SSSR count). The third kappa shape index (κ3) is 13.7. The Morgan fingerprint density at radius 3 is 2.29 bits per heavy atom. The fraction of sp³-hybridized carbons (Fsp3) is 0.420. The van der Waals surface area contributed by atoms with Gasteiger partial charge >= 0.3 is 12.2 Å². The monoisotopic (exact) mass is 876 g/mol. The van der Waals surface area contributed by atoms with Crippen LogP contribution in [0.5, 0.6) is 11.5 Å². The van der Waals surface area contributed by atoms with Crippen molar-refractivity contribution in [3.8, 4) is 22.6 Å². The minimum Gasteiger partial charge on any atom is -0.506 e. The van der Waals surface area contributed by atoms with Crippen LogP contribution in [0.2, 0.25) is 18.1 Å². The number of amides is 2. The standard InChI is InChI=1S/C50H64N4O8Si/c1-50(2,3)63(4,5)62-45(41-26-28-44(55)47-42(41)27-29-46(56)54-47)33-51-30-14-6-7-15-31-59-39-24-25-40(36-18-12-9-13-19-36)43(32-39)53-49(58)61-38-22-20-37(21-23-38)52-48(57)60-34-35-16-10-8-11-17-35/h8-13,16-19,24-29,32,37-38,45,51,55H,6-7,14-15,20-23,30-31,33-34H2,1-5H3,(H,52,57)(H,53,58)(H,54,56)/t37-,38-,45-/m0/s1. The number of hydrogen-bond acceptors (Lipinski definition) is 9. The Bertz CT molecular complexity index is 2310.